The molecule has 156 valence electrons. The fraction of sp³-hybridized carbons (Fsp3) is 0.167. The molecule has 31 heavy (non-hydrogen) atoms. The van der Waals surface area contributed by atoms with Crippen molar-refractivity contribution < 1.29 is 18.7 Å². The SMILES string of the molecule is COc1ccc2c(c1C)Oc1ccc(-c3cccc(F)c3)cc1C21N=C(N)N(C)C1=O. The number of hydrogen-bond acceptors (Lipinski definition) is 5. The van der Waals surface area contributed by atoms with Gasteiger partial charge in [-0.05, 0) is 54.4 Å². The number of fused-ring (bicyclic) bond motifs is 4. The van der Waals surface area contributed by atoms with E-state index in [1.165, 1.54) is 17.0 Å². The molecule has 5 rings (SSSR count). The van der Waals surface area contributed by atoms with Gasteiger partial charge in [0.2, 0.25) is 5.54 Å². The smallest absolute Gasteiger partial charge is 0.266 e. The van der Waals surface area contributed by atoms with Crippen LogP contribution >= 0.6 is 0 Å². The number of aliphatic imine (C=N–C) groups is 1. The van der Waals surface area contributed by atoms with E-state index in [1.54, 1.807) is 38.4 Å². The molecule has 0 bridgehead atoms. The summed E-state index contributed by atoms with van der Waals surface area (Å²) in [5.74, 6) is 1.15. The number of likely N-dealkylation sites (N-methyl/N-ethyl adjacent to an activating group) is 1. The number of nitrogens with two attached hydrogens (primary N) is 1. The Morgan fingerprint density at radius 3 is 2.55 bits per heavy atom. The van der Waals surface area contributed by atoms with Crippen molar-refractivity contribution in [3.05, 3.63) is 77.1 Å². The number of rotatable bonds is 2. The van der Waals surface area contributed by atoms with E-state index < -0.39 is 5.54 Å². The summed E-state index contributed by atoms with van der Waals surface area (Å²) in [5.41, 5.74) is 8.04. The molecule has 0 radical (unpaired) electrons. The van der Waals surface area contributed by atoms with E-state index in [9.17, 15) is 9.18 Å². The predicted molar refractivity (Wildman–Crippen MR) is 115 cm³/mol. The van der Waals surface area contributed by atoms with Gasteiger partial charge >= 0.3 is 0 Å². The third-order valence-electron chi connectivity index (χ3n) is 5.95. The molecule has 2 aliphatic heterocycles. The van der Waals surface area contributed by atoms with Crippen LogP contribution in [0.15, 0.2) is 59.6 Å². The molecule has 3 aromatic carbocycles. The average molecular weight is 417 g/mol. The molecular formula is C24H20FN3O3. The number of amides is 1. The second-order valence-electron chi connectivity index (χ2n) is 7.64. The van der Waals surface area contributed by atoms with Crippen LogP contribution in [0.2, 0.25) is 0 Å². The molecule has 7 heteroatoms. The van der Waals surface area contributed by atoms with E-state index >= 15 is 0 Å². The molecule has 6 nitrogen and oxygen atoms in total. The van der Waals surface area contributed by atoms with Crippen LogP contribution in [-0.2, 0) is 10.3 Å². The first-order valence-electron chi connectivity index (χ1n) is 9.76. The molecule has 1 unspecified atom stereocenters. The Bertz CT molecular complexity index is 1290. The summed E-state index contributed by atoms with van der Waals surface area (Å²) in [7, 11) is 3.18. The minimum atomic E-state index is -1.39. The fourth-order valence-corrected chi connectivity index (χ4v) is 4.31. The minimum Gasteiger partial charge on any atom is -0.496 e. The molecule has 2 aliphatic rings. The van der Waals surface area contributed by atoms with Crippen molar-refractivity contribution in [2.45, 2.75) is 12.5 Å². The number of carbonyl (C=O) groups is 1. The lowest BCUT2D eigenvalue weighted by atomic mass is 9.78. The first-order chi connectivity index (χ1) is 14.9. The van der Waals surface area contributed by atoms with Gasteiger partial charge in [-0.2, -0.15) is 0 Å². The zero-order valence-electron chi connectivity index (χ0n) is 17.3. The van der Waals surface area contributed by atoms with E-state index in [0.717, 1.165) is 11.1 Å². The Morgan fingerprint density at radius 1 is 1.10 bits per heavy atom. The minimum absolute atomic E-state index is 0.119. The van der Waals surface area contributed by atoms with Crippen molar-refractivity contribution in [2.24, 2.45) is 10.7 Å². The molecular weight excluding hydrogens is 397 g/mol. The summed E-state index contributed by atoms with van der Waals surface area (Å²) in [6, 6.07) is 15.3. The van der Waals surface area contributed by atoms with Gasteiger partial charge in [0.1, 0.15) is 23.1 Å². The first kappa shape index (κ1) is 19.1. The highest BCUT2D eigenvalue weighted by Crippen LogP contribution is 2.54. The molecule has 0 saturated heterocycles. The zero-order chi connectivity index (χ0) is 21.9. The van der Waals surface area contributed by atoms with Gasteiger partial charge in [-0.15, -0.1) is 0 Å². The van der Waals surface area contributed by atoms with E-state index in [0.29, 0.717) is 33.9 Å². The molecule has 1 amide bonds. The van der Waals surface area contributed by atoms with Crippen LogP contribution in [0.25, 0.3) is 11.1 Å². The predicted octanol–water partition coefficient (Wildman–Crippen LogP) is 3.95. The van der Waals surface area contributed by atoms with Crippen molar-refractivity contribution >= 4 is 11.9 Å². The lowest BCUT2D eigenvalue weighted by molar-refractivity contribution is -0.129. The van der Waals surface area contributed by atoms with Crippen LogP contribution in [0.3, 0.4) is 0 Å². The van der Waals surface area contributed by atoms with Crippen LogP contribution in [0, 0.1) is 12.7 Å². The van der Waals surface area contributed by atoms with E-state index in [1.807, 2.05) is 25.1 Å². The molecule has 0 fully saturated rings. The van der Waals surface area contributed by atoms with Gasteiger partial charge in [-0.3, -0.25) is 9.69 Å². The van der Waals surface area contributed by atoms with Gasteiger partial charge in [-0.1, -0.05) is 18.2 Å². The average Bonchev–Trinajstić information content (AvgIpc) is 2.99. The lowest BCUT2D eigenvalue weighted by Crippen LogP contribution is -2.42. The van der Waals surface area contributed by atoms with Crippen molar-refractivity contribution in [3.8, 4) is 28.4 Å². The lowest BCUT2D eigenvalue weighted by Gasteiger charge is -2.34. The van der Waals surface area contributed by atoms with Crippen LogP contribution in [0.4, 0.5) is 4.39 Å². The summed E-state index contributed by atoms with van der Waals surface area (Å²) in [6.45, 7) is 1.87. The Kier molecular flexibility index (Phi) is 4.05. The summed E-state index contributed by atoms with van der Waals surface area (Å²) in [4.78, 5) is 19.6. The number of benzene rings is 3. The third kappa shape index (κ3) is 2.56. The van der Waals surface area contributed by atoms with Gasteiger partial charge in [0.25, 0.3) is 5.91 Å². The van der Waals surface area contributed by atoms with Gasteiger partial charge in [0.15, 0.2) is 5.96 Å². The highest BCUT2D eigenvalue weighted by atomic mass is 19.1. The van der Waals surface area contributed by atoms with Crippen molar-refractivity contribution in [1.82, 2.24) is 4.90 Å². The second kappa shape index (κ2) is 6.57. The summed E-state index contributed by atoms with van der Waals surface area (Å²) in [5, 5.41) is 0. The van der Waals surface area contributed by atoms with Crippen LogP contribution in [-0.4, -0.2) is 30.9 Å². The molecule has 0 saturated carbocycles. The number of ether oxygens (including phenoxy) is 2. The molecule has 0 aromatic heterocycles. The molecule has 0 aliphatic carbocycles. The van der Waals surface area contributed by atoms with Crippen LogP contribution in [0.1, 0.15) is 16.7 Å². The first-order valence-corrected chi connectivity index (χ1v) is 9.76. The molecule has 3 aromatic rings. The summed E-state index contributed by atoms with van der Waals surface area (Å²) in [6.07, 6.45) is 0. The third-order valence-corrected chi connectivity index (χ3v) is 5.95. The Balaban J connectivity index is 1.81. The van der Waals surface area contributed by atoms with Crippen LogP contribution < -0.4 is 15.2 Å². The zero-order valence-corrected chi connectivity index (χ0v) is 17.3. The molecule has 1 spiro atoms. The number of hydrogen-bond donors (Lipinski definition) is 1. The number of halogens is 1. The maximum Gasteiger partial charge on any atom is 0.266 e. The van der Waals surface area contributed by atoms with Gasteiger partial charge < -0.3 is 15.2 Å². The fourth-order valence-electron chi connectivity index (χ4n) is 4.31. The van der Waals surface area contributed by atoms with Crippen molar-refractivity contribution in [2.75, 3.05) is 14.2 Å². The highest BCUT2D eigenvalue weighted by molar-refractivity contribution is 6.10. The topological polar surface area (TPSA) is 77.2 Å². The van der Waals surface area contributed by atoms with Crippen molar-refractivity contribution in [3.63, 3.8) is 0 Å². The van der Waals surface area contributed by atoms with E-state index in [2.05, 4.69) is 4.99 Å². The summed E-state index contributed by atoms with van der Waals surface area (Å²) < 4.78 is 25.5. The van der Waals surface area contributed by atoms with Gasteiger partial charge in [-0.25, -0.2) is 9.38 Å². The van der Waals surface area contributed by atoms with Gasteiger partial charge in [0.05, 0.1) is 7.11 Å². The number of methoxy groups -OCH3 is 1. The highest BCUT2D eigenvalue weighted by Gasteiger charge is 2.55. The monoisotopic (exact) mass is 417 g/mol. The Morgan fingerprint density at radius 2 is 1.87 bits per heavy atom. The van der Waals surface area contributed by atoms with E-state index in [-0.39, 0.29) is 17.7 Å². The maximum absolute atomic E-state index is 13.8. The molecule has 2 N–H and O–H groups in total. The Hall–Kier alpha value is -3.87. The largest absolute Gasteiger partial charge is 0.496 e. The Labute approximate surface area is 178 Å². The summed E-state index contributed by atoms with van der Waals surface area (Å²) >= 11 is 0. The van der Waals surface area contributed by atoms with Crippen molar-refractivity contribution in [1.29, 1.82) is 0 Å². The van der Waals surface area contributed by atoms with Crippen LogP contribution in [0.5, 0.6) is 17.2 Å². The number of carbonyl (C=O) groups excluding carboxylic acids is 1. The standard InChI is InChI=1S/C24H20FN3O3/c1-13-19(30-3)10-8-17-21(13)31-20-9-7-15(14-5-4-6-16(25)11-14)12-18(20)24(17)22(29)28(2)23(26)27-24/h4-12H,1-3H3,(H2,26,27). The number of nitrogens with zero attached hydrogens (tertiary/aromatic N) is 2. The quantitative estimate of drug-likeness (QED) is 0.685. The molecule has 2 heterocycles. The van der Waals surface area contributed by atoms with E-state index in [4.69, 9.17) is 15.2 Å². The normalized spacial score (nSPS) is 19.0. The molecule has 1 atom stereocenters. The number of guanidine groups is 1. The van der Waals surface area contributed by atoms with Gasteiger partial charge in [0, 0.05) is 23.7 Å². The maximum atomic E-state index is 13.8. The second-order valence-corrected chi connectivity index (χ2v) is 7.64.